The summed E-state index contributed by atoms with van der Waals surface area (Å²) in [6, 6.07) is 2.40. The van der Waals surface area contributed by atoms with Crippen LogP contribution >= 0.6 is 0 Å². The molecule has 0 amide bonds. The van der Waals surface area contributed by atoms with Crippen molar-refractivity contribution in [1.29, 1.82) is 0 Å². The number of anilines is 1. The molecule has 1 aliphatic rings. The fourth-order valence-electron chi connectivity index (χ4n) is 2.50. The van der Waals surface area contributed by atoms with Gasteiger partial charge in [0.15, 0.2) is 5.78 Å². The molecule has 0 unspecified atom stereocenters. The third-order valence-electron chi connectivity index (χ3n) is 3.76. The molecule has 146 valence electrons. The normalized spacial score (nSPS) is 18.8. The van der Waals surface area contributed by atoms with Gasteiger partial charge in [-0.3, -0.25) is 4.79 Å². The summed E-state index contributed by atoms with van der Waals surface area (Å²) in [6.07, 6.45) is 3.71. The molecular formula is C19H20F3NO4. The Hall–Kier alpha value is -2.77. The van der Waals surface area contributed by atoms with E-state index < -0.39 is 24.4 Å². The monoisotopic (exact) mass is 383 g/mol. The zero-order valence-electron chi connectivity index (χ0n) is 14.5. The van der Waals surface area contributed by atoms with Crippen molar-refractivity contribution in [2.45, 2.75) is 31.9 Å². The molecule has 2 N–H and O–H groups in total. The first-order chi connectivity index (χ1) is 12.8. The SMILES string of the molecule is O=C1/C=C\CCOC(=O)c2c(O)cc(NCC(F)(F)F)cc2/C=C/CCC1. The van der Waals surface area contributed by atoms with Crippen LogP contribution in [0.25, 0.3) is 6.08 Å². The van der Waals surface area contributed by atoms with Gasteiger partial charge in [-0.05, 0) is 37.0 Å². The van der Waals surface area contributed by atoms with E-state index in [1.807, 2.05) is 0 Å². The van der Waals surface area contributed by atoms with Gasteiger partial charge in [0.2, 0.25) is 0 Å². The lowest BCUT2D eigenvalue weighted by Crippen LogP contribution is -2.21. The highest BCUT2D eigenvalue weighted by atomic mass is 19.4. The molecule has 1 aromatic rings. The second-order valence-electron chi connectivity index (χ2n) is 6.02. The van der Waals surface area contributed by atoms with E-state index in [0.717, 1.165) is 6.07 Å². The fraction of sp³-hybridized carbons (Fsp3) is 0.368. The second-order valence-corrected chi connectivity index (χ2v) is 6.02. The van der Waals surface area contributed by atoms with Gasteiger partial charge in [0.25, 0.3) is 0 Å². The standard InChI is InChI=1S/C19H20F3NO4/c20-19(21,22)12-23-14-10-13-6-2-1-3-7-15(24)8-4-5-9-27-18(26)17(13)16(25)11-14/h2,4,6,8,10-11,23,25H,1,3,5,7,9,12H2/b6-2+,8-4-. The van der Waals surface area contributed by atoms with Crippen LogP contribution in [0.1, 0.15) is 41.6 Å². The van der Waals surface area contributed by atoms with Gasteiger partial charge in [-0.1, -0.05) is 18.2 Å². The second kappa shape index (κ2) is 9.25. The van der Waals surface area contributed by atoms with Crippen molar-refractivity contribution in [2.24, 2.45) is 0 Å². The lowest BCUT2D eigenvalue weighted by Gasteiger charge is -2.14. The molecule has 5 nitrogen and oxygen atoms in total. The minimum absolute atomic E-state index is 0.0132. The predicted octanol–water partition coefficient (Wildman–Crippen LogP) is 4.24. The van der Waals surface area contributed by atoms with E-state index in [2.05, 4.69) is 5.32 Å². The smallest absolute Gasteiger partial charge is 0.405 e. The number of alkyl halides is 3. The number of phenols is 1. The Morgan fingerprint density at radius 1 is 1.11 bits per heavy atom. The van der Waals surface area contributed by atoms with Gasteiger partial charge in [0.05, 0.1) is 6.61 Å². The molecule has 0 aromatic heterocycles. The van der Waals surface area contributed by atoms with Gasteiger partial charge >= 0.3 is 12.1 Å². The lowest BCUT2D eigenvalue weighted by atomic mass is 10.0. The van der Waals surface area contributed by atoms with Crippen molar-refractivity contribution in [1.82, 2.24) is 0 Å². The number of hydrogen-bond acceptors (Lipinski definition) is 5. The number of cyclic esters (lactones) is 1. The zero-order chi connectivity index (χ0) is 19.9. The van der Waals surface area contributed by atoms with Gasteiger partial charge in [-0.25, -0.2) is 4.79 Å². The first-order valence-corrected chi connectivity index (χ1v) is 8.47. The van der Waals surface area contributed by atoms with Crippen LogP contribution in [-0.2, 0) is 9.53 Å². The fourth-order valence-corrected chi connectivity index (χ4v) is 2.50. The Morgan fingerprint density at radius 3 is 2.59 bits per heavy atom. The van der Waals surface area contributed by atoms with Crippen LogP contribution in [0.3, 0.4) is 0 Å². The summed E-state index contributed by atoms with van der Waals surface area (Å²) < 4.78 is 42.3. The number of allylic oxidation sites excluding steroid dienone is 2. The molecule has 1 heterocycles. The molecule has 8 heteroatoms. The molecule has 0 aliphatic carbocycles. The van der Waals surface area contributed by atoms with Crippen molar-refractivity contribution >= 4 is 23.5 Å². The van der Waals surface area contributed by atoms with Crippen LogP contribution in [0.15, 0.2) is 30.4 Å². The first kappa shape index (κ1) is 20.5. The lowest BCUT2D eigenvalue weighted by molar-refractivity contribution is -0.115. The maximum atomic E-state index is 12.4. The van der Waals surface area contributed by atoms with E-state index in [1.165, 1.54) is 18.2 Å². The molecule has 0 saturated carbocycles. The number of esters is 1. The van der Waals surface area contributed by atoms with E-state index in [0.29, 0.717) is 25.7 Å². The summed E-state index contributed by atoms with van der Waals surface area (Å²) in [4.78, 5) is 23.9. The predicted molar refractivity (Wildman–Crippen MR) is 94.6 cm³/mol. The number of ether oxygens (including phenoxy) is 1. The number of halogens is 3. The number of nitrogens with one attached hydrogen (secondary N) is 1. The largest absolute Gasteiger partial charge is 0.507 e. The van der Waals surface area contributed by atoms with Crippen molar-refractivity contribution < 1.29 is 32.6 Å². The van der Waals surface area contributed by atoms with E-state index in [-0.39, 0.29) is 29.2 Å². The molecular weight excluding hydrogens is 363 g/mol. The number of benzene rings is 1. The van der Waals surface area contributed by atoms with Crippen LogP contribution in [0, 0.1) is 0 Å². The molecule has 1 aromatic carbocycles. The van der Waals surface area contributed by atoms with Crippen LogP contribution in [-0.4, -0.2) is 36.2 Å². The van der Waals surface area contributed by atoms with Crippen LogP contribution in [0.2, 0.25) is 0 Å². The topological polar surface area (TPSA) is 75.6 Å². The van der Waals surface area contributed by atoms with Gasteiger partial charge in [0, 0.05) is 18.2 Å². The van der Waals surface area contributed by atoms with Crippen LogP contribution in [0.5, 0.6) is 5.75 Å². The van der Waals surface area contributed by atoms with E-state index in [9.17, 15) is 27.9 Å². The number of fused-ring (bicyclic) bond motifs is 1. The Balaban J connectivity index is 2.30. The van der Waals surface area contributed by atoms with E-state index in [1.54, 1.807) is 12.2 Å². The van der Waals surface area contributed by atoms with Gasteiger partial charge < -0.3 is 15.2 Å². The highest BCUT2D eigenvalue weighted by molar-refractivity contribution is 5.97. The highest BCUT2D eigenvalue weighted by Crippen LogP contribution is 2.29. The summed E-state index contributed by atoms with van der Waals surface area (Å²) in [5.74, 6) is -1.28. The molecule has 1 aliphatic heterocycles. The quantitative estimate of drug-likeness (QED) is 0.748. The van der Waals surface area contributed by atoms with Gasteiger partial charge in [-0.15, -0.1) is 0 Å². The number of hydrogen-bond donors (Lipinski definition) is 2. The summed E-state index contributed by atoms with van der Waals surface area (Å²) in [6.45, 7) is -1.26. The molecule has 0 fully saturated rings. The molecule has 0 saturated heterocycles. The summed E-state index contributed by atoms with van der Waals surface area (Å²) in [7, 11) is 0. The Bertz CT molecular complexity index is 754. The van der Waals surface area contributed by atoms with Crippen molar-refractivity contribution in [2.75, 3.05) is 18.5 Å². The Morgan fingerprint density at radius 2 is 1.85 bits per heavy atom. The number of carbonyl (C=O) groups is 2. The number of carbonyl (C=O) groups excluding carboxylic acids is 2. The summed E-state index contributed by atoms with van der Waals surface area (Å²) >= 11 is 0. The van der Waals surface area contributed by atoms with Gasteiger partial charge in [0.1, 0.15) is 17.9 Å². The maximum absolute atomic E-state index is 12.4. The van der Waals surface area contributed by atoms with E-state index >= 15 is 0 Å². The zero-order valence-corrected chi connectivity index (χ0v) is 14.5. The maximum Gasteiger partial charge on any atom is 0.405 e. The molecule has 0 spiro atoms. The number of rotatable bonds is 2. The minimum atomic E-state index is -4.42. The number of aromatic hydroxyl groups is 1. The summed E-state index contributed by atoms with van der Waals surface area (Å²) in [5, 5.41) is 12.3. The number of phenolic OH excluding ortho intramolecular Hbond substituents is 1. The molecule has 0 bridgehead atoms. The van der Waals surface area contributed by atoms with Crippen LogP contribution < -0.4 is 5.32 Å². The Labute approximate surface area is 154 Å². The summed E-state index contributed by atoms with van der Waals surface area (Å²) in [5.41, 5.74) is 0.157. The number of ketones is 1. The van der Waals surface area contributed by atoms with Gasteiger partial charge in [-0.2, -0.15) is 13.2 Å². The van der Waals surface area contributed by atoms with Crippen molar-refractivity contribution in [3.63, 3.8) is 0 Å². The average molecular weight is 383 g/mol. The average Bonchev–Trinajstić information content (AvgIpc) is 2.57. The molecule has 27 heavy (non-hydrogen) atoms. The third kappa shape index (κ3) is 6.80. The molecule has 0 atom stereocenters. The van der Waals surface area contributed by atoms with Crippen molar-refractivity contribution in [3.8, 4) is 5.75 Å². The van der Waals surface area contributed by atoms with Crippen LogP contribution in [0.4, 0.5) is 18.9 Å². The first-order valence-electron chi connectivity index (χ1n) is 8.47. The van der Waals surface area contributed by atoms with E-state index in [4.69, 9.17) is 4.74 Å². The Kier molecular flexibility index (Phi) is 7.04. The minimum Gasteiger partial charge on any atom is -0.507 e. The highest BCUT2D eigenvalue weighted by Gasteiger charge is 2.27. The third-order valence-corrected chi connectivity index (χ3v) is 3.76. The molecule has 2 rings (SSSR count). The van der Waals surface area contributed by atoms with Crippen molar-refractivity contribution in [3.05, 3.63) is 41.5 Å². The molecule has 0 radical (unpaired) electrons.